The molecule has 1 aromatic heterocycles. The Kier molecular flexibility index (Phi) is 5.17. The van der Waals surface area contributed by atoms with Gasteiger partial charge in [-0.3, -0.25) is 0 Å². The van der Waals surface area contributed by atoms with Gasteiger partial charge in [0.25, 0.3) is 0 Å². The second kappa shape index (κ2) is 6.71. The summed E-state index contributed by atoms with van der Waals surface area (Å²) in [5, 5.41) is 8.34. The van der Waals surface area contributed by atoms with Crippen LogP contribution in [0.5, 0.6) is 0 Å². The van der Waals surface area contributed by atoms with Crippen molar-refractivity contribution >= 4 is 27.4 Å². The summed E-state index contributed by atoms with van der Waals surface area (Å²) in [4.78, 5) is 16.1. The molecule has 2 N–H and O–H groups in total. The molecule has 2 amide bonds. The number of rotatable bonds is 4. The van der Waals surface area contributed by atoms with E-state index in [4.69, 9.17) is 0 Å². The fourth-order valence-electron chi connectivity index (χ4n) is 2.24. The number of carbonyl (C=O) groups is 1. The van der Waals surface area contributed by atoms with E-state index >= 15 is 0 Å². The maximum absolute atomic E-state index is 11.8. The average molecular weight is 332 g/mol. The van der Waals surface area contributed by atoms with E-state index in [0.29, 0.717) is 19.6 Å². The Bertz CT molecular complexity index is 599. The highest BCUT2D eigenvalue weighted by atomic mass is 32.2. The fourth-order valence-corrected chi connectivity index (χ4v) is 3.86. The second-order valence-corrected chi connectivity index (χ2v) is 8.09. The summed E-state index contributed by atoms with van der Waals surface area (Å²) < 4.78 is 24.5. The molecule has 0 aromatic carbocycles. The van der Waals surface area contributed by atoms with Crippen LogP contribution in [-0.4, -0.2) is 49.1 Å². The first-order valence-corrected chi connectivity index (χ1v) is 9.48. The minimum absolute atomic E-state index is 0.147. The van der Waals surface area contributed by atoms with Crippen molar-refractivity contribution in [3.8, 4) is 0 Å². The number of amides is 2. The molecular formula is C12H20N4O3S2. The van der Waals surface area contributed by atoms with Crippen molar-refractivity contribution < 1.29 is 13.2 Å². The molecule has 1 saturated heterocycles. The zero-order chi connectivity index (χ0) is 15.5. The third-order valence-corrected chi connectivity index (χ3v) is 5.49. The van der Waals surface area contributed by atoms with E-state index < -0.39 is 10.0 Å². The fraction of sp³-hybridized carbons (Fsp3) is 0.667. The summed E-state index contributed by atoms with van der Waals surface area (Å²) in [6.45, 7) is 3.15. The third kappa shape index (κ3) is 4.94. The summed E-state index contributed by atoms with van der Waals surface area (Å²) in [5.41, 5.74) is 0.938. The normalized spacial score (nSPS) is 20.2. The summed E-state index contributed by atoms with van der Waals surface area (Å²) >= 11 is 1.50. The van der Waals surface area contributed by atoms with Crippen molar-refractivity contribution in [2.75, 3.05) is 19.3 Å². The van der Waals surface area contributed by atoms with Crippen LogP contribution in [-0.2, 0) is 16.6 Å². The lowest BCUT2D eigenvalue weighted by molar-refractivity contribution is 0.225. The van der Waals surface area contributed by atoms with Crippen molar-refractivity contribution in [1.82, 2.24) is 19.9 Å². The number of urea groups is 1. The molecule has 1 aliphatic rings. The van der Waals surface area contributed by atoms with Gasteiger partial charge in [-0.05, 0) is 19.8 Å². The molecule has 0 bridgehead atoms. The summed E-state index contributed by atoms with van der Waals surface area (Å²) in [7, 11) is -3.19. The Balaban J connectivity index is 1.79. The number of sulfonamides is 1. The molecule has 9 heteroatoms. The second-order valence-electron chi connectivity index (χ2n) is 5.17. The molecule has 1 aromatic rings. The molecule has 21 heavy (non-hydrogen) atoms. The molecule has 118 valence electrons. The lowest BCUT2D eigenvalue weighted by atomic mass is 10.1. The van der Waals surface area contributed by atoms with E-state index in [0.717, 1.165) is 23.5 Å². The Labute approximate surface area is 128 Å². The van der Waals surface area contributed by atoms with E-state index in [1.807, 2.05) is 12.3 Å². The van der Waals surface area contributed by atoms with Gasteiger partial charge in [0.15, 0.2) is 0 Å². The molecule has 1 aliphatic heterocycles. The number of aryl methyl sites for hydroxylation is 1. The minimum Gasteiger partial charge on any atom is -0.334 e. The van der Waals surface area contributed by atoms with E-state index in [2.05, 4.69) is 15.6 Å². The van der Waals surface area contributed by atoms with Crippen LogP contribution < -0.4 is 10.6 Å². The van der Waals surface area contributed by atoms with Crippen molar-refractivity contribution in [3.63, 3.8) is 0 Å². The number of hydrogen-bond acceptors (Lipinski definition) is 5. The van der Waals surface area contributed by atoms with Crippen LogP contribution in [0.3, 0.4) is 0 Å². The van der Waals surface area contributed by atoms with Crippen LogP contribution in [0.1, 0.15) is 23.5 Å². The van der Waals surface area contributed by atoms with Crippen molar-refractivity contribution in [2.45, 2.75) is 32.4 Å². The molecule has 1 fully saturated rings. The number of hydrogen-bond donors (Lipinski definition) is 2. The summed E-state index contributed by atoms with van der Waals surface area (Å²) in [6.07, 6.45) is 2.74. The van der Waals surface area contributed by atoms with Crippen LogP contribution in [0.4, 0.5) is 4.79 Å². The minimum atomic E-state index is -3.19. The molecule has 2 rings (SSSR count). The predicted molar refractivity (Wildman–Crippen MR) is 81.7 cm³/mol. The van der Waals surface area contributed by atoms with Crippen molar-refractivity contribution in [2.24, 2.45) is 0 Å². The van der Waals surface area contributed by atoms with E-state index in [1.54, 1.807) is 0 Å². The van der Waals surface area contributed by atoms with Gasteiger partial charge < -0.3 is 10.6 Å². The SMILES string of the molecule is Cc1csc(CNC(=O)N[C@H]2CCCN(S(C)(=O)=O)C2)n1. The number of aromatic nitrogens is 1. The van der Waals surface area contributed by atoms with Crippen LogP contribution in [0, 0.1) is 6.92 Å². The molecule has 2 heterocycles. The highest BCUT2D eigenvalue weighted by Gasteiger charge is 2.26. The van der Waals surface area contributed by atoms with Crippen molar-refractivity contribution in [3.05, 3.63) is 16.1 Å². The van der Waals surface area contributed by atoms with E-state index in [9.17, 15) is 13.2 Å². The number of carbonyl (C=O) groups excluding carboxylic acids is 1. The Morgan fingerprint density at radius 3 is 2.95 bits per heavy atom. The highest BCUT2D eigenvalue weighted by Crippen LogP contribution is 2.13. The zero-order valence-corrected chi connectivity index (χ0v) is 13.8. The summed E-state index contributed by atoms with van der Waals surface area (Å²) in [6, 6.07) is -0.435. The first-order chi connectivity index (χ1) is 9.84. The van der Waals surface area contributed by atoms with Gasteiger partial charge in [-0.2, -0.15) is 0 Å². The number of nitrogens with zero attached hydrogens (tertiary/aromatic N) is 2. The lowest BCUT2D eigenvalue weighted by Crippen LogP contribution is -2.51. The van der Waals surface area contributed by atoms with Gasteiger partial charge >= 0.3 is 6.03 Å². The lowest BCUT2D eigenvalue weighted by Gasteiger charge is -2.31. The van der Waals surface area contributed by atoms with Gasteiger partial charge in [0.05, 0.1) is 12.8 Å². The highest BCUT2D eigenvalue weighted by molar-refractivity contribution is 7.88. The standard InChI is InChI=1S/C12H20N4O3S2/c1-9-8-20-11(14-9)6-13-12(17)15-10-4-3-5-16(7-10)21(2,18)19/h8,10H,3-7H2,1-2H3,(H2,13,15,17)/t10-/m0/s1. The smallest absolute Gasteiger partial charge is 0.315 e. The largest absolute Gasteiger partial charge is 0.334 e. The maximum atomic E-state index is 11.8. The van der Waals surface area contributed by atoms with Crippen LogP contribution in [0.25, 0.3) is 0 Å². The Morgan fingerprint density at radius 1 is 1.57 bits per heavy atom. The monoisotopic (exact) mass is 332 g/mol. The molecule has 0 saturated carbocycles. The number of piperidine rings is 1. The van der Waals surface area contributed by atoms with Crippen LogP contribution >= 0.6 is 11.3 Å². The first kappa shape index (κ1) is 16.2. The van der Waals surface area contributed by atoms with Crippen LogP contribution in [0.15, 0.2) is 5.38 Å². The van der Waals surface area contributed by atoms with Gasteiger partial charge in [-0.15, -0.1) is 11.3 Å². The Morgan fingerprint density at radius 2 is 2.33 bits per heavy atom. The molecular weight excluding hydrogens is 312 g/mol. The molecule has 7 nitrogen and oxygen atoms in total. The number of nitrogens with one attached hydrogen (secondary N) is 2. The molecule has 0 spiro atoms. The summed E-state index contributed by atoms with van der Waals surface area (Å²) in [5.74, 6) is 0. The third-order valence-electron chi connectivity index (χ3n) is 3.26. The molecule has 0 unspecified atom stereocenters. The molecule has 1 atom stereocenters. The average Bonchev–Trinajstić information content (AvgIpc) is 2.82. The van der Waals surface area contributed by atoms with Gasteiger partial charge in [-0.1, -0.05) is 0 Å². The van der Waals surface area contributed by atoms with Crippen molar-refractivity contribution in [1.29, 1.82) is 0 Å². The zero-order valence-electron chi connectivity index (χ0n) is 12.1. The predicted octanol–water partition coefficient (Wildman–Crippen LogP) is 0.675. The van der Waals surface area contributed by atoms with Gasteiger partial charge in [0.1, 0.15) is 5.01 Å². The van der Waals surface area contributed by atoms with Crippen LogP contribution in [0.2, 0.25) is 0 Å². The van der Waals surface area contributed by atoms with E-state index in [-0.39, 0.29) is 12.1 Å². The maximum Gasteiger partial charge on any atom is 0.315 e. The topological polar surface area (TPSA) is 91.4 Å². The molecule has 0 radical (unpaired) electrons. The van der Waals surface area contributed by atoms with Gasteiger partial charge in [0.2, 0.25) is 10.0 Å². The first-order valence-electron chi connectivity index (χ1n) is 6.75. The van der Waals surface area contributed by atoms with Gasteiger partial charge in [0, 0.05) is 30.2 Å². The van der Waals surface area contributed by atoms with E-state index in [1.165, 1.54) is 21.9 Å². The Hall–Kier alpha value is -1.19. The molecule has 0 aliphatic carbocycles. The quantitative estimate of drug-likeness (QED) is 0.848. The van der Waals surface area contributed by atoms with Gasteiger partial charge in [-0.25, -0.2) is 22.5 Å². The number of thiazole rings is 1.